The first kappa shape index (κ1) is 21.5. The van der Waals surface area contributed by atoms with E-state index >= 15 is 0 Å². The first-order valence-electron chi connectivity index (χ1n) is 9.94. The molecule has 1 atom stereocenters. The molecule has 150 valence electrons. The predicted molar refractivity (Wildman–Crippen MR) is 103 cm³/mol. The summed E-state index contributed by atoms with van der Waals surface area (Å²) in [5.41, 5.74) is -0.416. The van der Waals surface area contributed by atoms with Crippen molar-refractivity contribution in [1.82, 2.24) is 15.5 Å². The van der Waals surface area contributed by atoms with Crippen LogP contribution in [0.2, 0.25) is 0 Å². The maximum Gasteiger partial charge on any atom is 0.228 e. The van der Waals surface area contributed by atoms with Crippen LogP contribution in [-0.2, 0) is 14.3 Å². The lowest BCUT2D eigenvalue weighted by atomic mass is 9.78. The topological polar surface area (TPSA) is 70.7 Å². The monoisotopic (exact) mass is 387 g/mol. The van der Waals surface area contributed by atoms with E-state index in [1.54, 1.807) is 7.11 Å². The van der Waals surface area contributed by atoms with E-state index in [9.17, 15) is 9.59 Å². The molecule has 0 radical (unpaired) electrons. The van der Waals surface area contributed by atoms with Crippen molar-refractivity contribution < 1.29 is 14.3 Å². The Bertz CT molecular complexity index is 471. The quantitative estimate of drug-likeness (QED) is 0.753. The van der Waals surface area contributed by atoms with E-state index in [-0.39, 0.29) is 30.3 Å². The van der Waals surface area contributed by atoms with Crippen LogP contribution in [0.1, 0.15) is 51.4 Å². The van der Waals surface area contributed by atoms with Crippen molar-refractivity contribution in [3.05, 3.63) is 0 Å². The molecular weight excluding hydrogens is 354 g/mol. The van der Waals surface area contributed by atoms with Gasteiger partial charge in [-0.05, 0) is 45.2 Å². The van der Waals surface area contributed by atoms with Crippen LogP contribution < -0.4 is 10.6 Å². The Morgan fingerprint density at radius 3 is 2.50 bits per heavy atom. The lowest BCUT2D eigenvalue weighted by Gasteiger charge is -2.36. The summed E-state index contributed by atoms with van der Waals surface area (Å²) in [5, 5.41) is 6.54. The lowest BCUT2D eigenvalue weighted by molar-refractivity contribution is -0.138. The van der Waals surface area contributed by atoms with Gasteiger partial charge in [-0.1, -0.05) is 19.3 Å². The summed E-state index contributed by atoms with van der Waals surface area (Å²) in [4.78, 5) is 27.6. The highest BCUT2D eigenvalue weighted by atomic mass is 35.5. The molecule has 2 amide bonds. The predicted octanol–water partition coefficient (Wildman–Crippen LogP) is 1.72. The van der Waals surface area contributed by atoms with Gasteiger partial charge in [0.05, 0.1) is 12.0 Å². The number of hydrogen-bond acceptors (Lipinski definition) is 4. The fourth-order valence-corrected chi connectivity index (χ4v) is 4.64. The summed E-state index contributed by atoms with van der Waals surface area (Å²) in [6.07, 6.45) is 8.18. The molecule has 3 aliphatic rings. The summed E-state index contributed by atoms with van der Waals surface area (Å²) in [5.74, 6) is 0.630. The molecule has 2 saturated heterocycles. The number of nitrogens with zero attached hydrogens (tertiary/aromatic N) is 1. The van der Waals surface area contributed by atoms with Gasteiger partial charge >= 0.3 is 0 Å². The van der Waals surface area contributed by atoms with Gasteiger partial charge in [-0.15, -0.1) is 12.4 Å². The molecule has 1 aliphatic carbocycles. The zero-order chi connectivity index (χ0) is 17.7. The van der Waals surface area contributed by atoms with Gasteiger partial charge in [-0.2, -0.15) is 0 Å². The Balaban J connectivity index is 0.00000243. The van der Waals surface area contributed by atoms with Crippen molar-refractivity contribution >= 4 is 24.2 Å². The van der Waals surface area contributed by atoms with Crippen molar-refractivity contribution in [2.45, 2.75) is 57.4 Å². The third-order valence-corrected chi connectivity index (χ3v) is 6.25. The molecule has 7 heteroatoms. The van der Waals surface area contributed by atoms with Crippen LogP contribution >= 0.6 is 12.4 Å². The van der Waals surface area contributed by atoms with Gasteiger partial charge in [0.15, 0.2) is 0 Å². The van der Waals surface area contributed by atoms with Gasteiger partial charge in [0.25, 0.3) is 0 Å². The van der Waals surface area contributed by atoms with E-state index in [0.29, 0.717) is 19.1 Å². The van der Waals surface area contributed by atoms with Gasteiger partial charge in [-0.3, -0.25) is 9.59 Å². The fraction of sp³-hybridized carbons (Fsp3) is 0.895. The number of hydrogen-bond donors (Lipinski definition) is 2. The fourth-order valence-electron chi connectivity index (χ4n) is 4.64. The highest BCUT2D eigenvalue weighted by Crippen LogP contribution is 2.30. The summed E-state index contributed by atoms with van der Waals surface area (Å²) in [7, 11) is 1.66. The van der Waals surface area contributed by atoms with Gasteiger partial charge in [-0.25, -0.2) is 0 Å². The molecule has 0 spiro atoms. The second kappa shape index (κ2) is 9.90. The number of amides is 2. The summed E-state index contributed by atoms with van der Waals surface area (Å²) < 4.78 is 5.36. The van der Waals surface area contributed by atoms with Crippen molar-refractivity contribution in [2.75, 3.05) is 39.9 Å². The number of carbonyl (C=O) groups is 2. The van der Waals surface area contributed by atoms with Crippen LogP contribution in [0.15, 0.2) is 0 Å². The number of piperidine rings is 1. The molecule has 0 aromatic heterocycles. The number of halogens is 1. The molecule has 0 aromatic rings. The molecule has 26 heavy (non-hydrogen) atoms. The minimum atomic E-state index is -0.416. The normalized spacial score (nSPS) is 26.2. The van der Waals surface area contributed by atoms with Crippen molar-refractivity contribution in [3.63, 3.8) is 0 Å². The number of likely N-dealkylation sites (tertiary alicyclic amines) is 1. The Morgan fingerprint density at radius 1 is 1.15 bits per heavy atom. The van der Waals surface area contributed by atoms with E-state index < -0.39 is 5.41 Å². The SMILES string of the molecule is COCC1(C(=O)NC2CCN(C(=O)C3CCCCC3)C2)CCNCC1.Cl. The van der Waals surface area contributed by atoms with E-state index in [2.05, 4.69) is 10.6 Å². The number of rotatable bonds is 5. The molecule has 1 saturated carbocycles. The van der Waals surface area contributed by atoms with Crippen LogP contribution in [-0.4, -0.2) is 62.7 Å². The first-order chi connectivity index (χ1) is 12.1. The Labute approximate surface area is 163 Å². The van der Waals surface area contributed by atoms with Gasteiger partial charge in [0, 0.05) is 32.2 Å². The van der Waals surface area contributed by atoms with Crippen LogP contribution in [0.4, 0.5) is 0 Å². The maximum absolute atomic E-state index is 12.9. The number of nitrogens with one attached hydrogen (secondary N) is 2. The van der Waals surface area contributed by atoms with E-state index in [1.807, 2.05) is 4.90 Å². The Hall–Kier alpha value is -0.850. The van der Waals surface area contributed by atoms with Gasteiger partial charge in [0.2, 0.25) is 11.8 Å². The third kappa shape index (κ3) is 4.90. The van der Waals surface area contributed by atoms with Gasteiger partial charge in [0.1, 0.15) is 0 Å². The second-order valence-corrected chi connectivity index (χ2v) is 8.04. The average molecular weight is 388 g/mol. The summed E-state index contributed by atoms with van der Waals surface area (Å²) in [6, 6.07) is 0.0867. The smallest absolute Gasteiger partial charge is 0.228 e. The van der Waals surface area contributed by atoms with E-state index in [0.717, 1.165) is 51.7 Å². The molecule has 3 rings (SSSR count). The van der Waals surface area contributed by atoms with Crippen molar-refractivity contribution in [3.8, 4) is 0 Å². The van der Waals surface area contributed by atoms with Crippen LogP contribution in [0.5, 0.6) is 0 Å². The van der Waals surface area contributed by atoms with Crippen LogP contribution in [0.25, 0.3) is 0 Å². The average Bonchev–Trinajstić information content (AvgIpc) is 3.11. The third-order valence-electron chi connectivity index (χ3n) is 6.25. The van der Waals surface area contributed by atoms with E-state index in [1.165, 1.54) is 19.3 Å². The molecule has 2 N–H and O–H groups in total. The van der Waals surface area contributed by atoms with Crippen molar-refractivity contribution in [1.29, 1.82) is 0 Å². The molecule has 6 nitrogen and oxygen atoms in total. The van der Waals surface area contributed by atoms with Crippen LogP contribution in [0.3, 0.4) is 0 Å². The minimum absolute atomic E-state index is 0. The van der Waals surface area contributed by atoms with Gasteiger partial charge < -0.3 is 20.3 Å². The number of ether oxygens (including phenoxy) is 1. The molecule has 2 heterocycles. The highest BCUT2D eigenvalue weighted by Gasteiger charge is 2.41. The standard InChI is InChI=1S/C19H33N3O3.ClH/c1-25-14-19(8-10-20-11-9-19)18(24)21-16-7-12-22(13-16)17(23)15-5-3-2-4-6-15;/h15-16,20H,2-14H2,1H3,(H,21,24);1H. The number of methoxy groups -OCH3 is 1. The Kier molecular flexibility index (Phi) is 8.17. The maximum atomic E-state index is 12.9. The van der Waals surface area contributed by atoms with E-state index in [4.69, 9.17) is 4.74 Å². The zero-order valence-corrected chi connectivity index (χ0v) is 16.7. The summed E-state index contributed by atoms with van der Waals surface area (Å²) in [6.45, 7) is 3.63. The minimum Gasteiger partial charge on any atom is -0.384 e. The summed E-state index contributed by atoms with van der Waals surface area (Å²) >= 11 is 0. The molecule has 3 fully saturated rings. The van der Waals surface area contributed by atoms with Crippen LogP contribution in [0, 0.1) is 11.3 Å². The first-order valence-corrected chi connectivity index (χ1v) is 9.94. The molecular formula is C19H34ClN3O3. The molecule has 2 aliphatic heterocycles. The molecule has 0 aromatic carbocycles. The second-order valence-electron chi connectivity index (χ2n) is 8.04. The van der Waals surface area contributed by atoms with Crippen molar-refractivity contribution in [2.24, 2.45) is 11.3 Å². The Morgan fingerprint density at radius 2 is 1.85 bits per heavy atom. The highest BCUT2D eigenvalue weighted by molar-refractivity contribution is 5.85. The molecule has 0 bridgehead atoms. The molecule has 1 unspecified atom stereocenters. The number of carbonyl (C=O) groups excluding carboxylic acids is 2. The lowest BCUT2D eigenvalue weighted by Crippen LogP contribution is -2.53. The largest absolute Gasteiger partial charge is 0.384 e. The zero-order valence-electron chi connectivity index (χ0n) is 15.9.